The molecule has 21 heavy (non-hydrogen) atoms. The van der Waals surface area contributed by atoms with E-state index in [-0.39, 0.29) is 12.3 Å². The van der Waals surface area contributed by atoms with Crippen molar-refractivity contribution in [2.24, 2.45) is 0 Å². The van der Waals surface area contributed by atoms with Crippen molar-refractivity contribution >= 4 is 27.8 Å². The smallest absolute Gasteiger partial charge is 0.416 e. The van der Waals surface area contributed by atoms with Crippen LogP contribution in [0.15, 0.2) is 4.60 Å². The molecule has 0 aromatic carbocycles. The molecular formula is C14H22BrN3O3. The summed E-state index contributed by atoms with van der Waals surface area (Å²) in [5, 5.41) is 4.44. The molecule has 0 fully saturated rings. The fourth-order valence-electron chi connectivity index (χ4n) is 2.32. The largest absolute Gasteiger partial charge is 0.443 e. The van der Waals surface area contributed by atoms with E-state index in [0.29, 0.717) is 13.2 Å². The second-order valence-electron chi connectivity index (χ2n) is 5.97. The zero-order valence-electron chi connectivity index (χ0n) is 13.1. The molecular weight excluding hydrogens is 338 g/mol. The Morgan fingerprint density at radius 1 is 1.48 bits per heavy atom. The van der Waals surface area contributed by atoms with Gasteiger partial charge in [0.2, 0.25) is 0 Å². The number of rotatable bonds is 3. The number of aromatic nitrogens is 2. The van der Waals surface area contributed by atoms with E-state index in [1.165, 1.54) is 0 Å². The van der Waals surface area contributed by atoms with Gasteiger partial charge in [-0.1, -0.05) is 0 Å². The van der Waals surface area contributed by atoms with Gasteiger partial charge in [0.15, 0.2) is 0 Å². The number of hydrogen-bond acceptors (Lipinski definition) is 4. The van der Waals surface area contributed by atoms with Gasteiger partial charge in [0.1, 0.15) is 22.3 Å². The van der Waals surface area contributed by atoms with Gasteiger partial charge in [-0.15, -0.1) is 0 Å². The Bertz CT molecular complexity index is 536. The van der Waals surface area contributed by atoms with Crippen LogP contribution in [-0.4, -0.2) is 34.6 Å². The van der Waals surface area contributed by atoms with Crippen LogP contribution in [0.25, 0.3) is 0 Å². The van der Waals surface area contributed by atoms with Crippen molar-refractivity contribution in [2.75, 3.05) is 18.1 Å². The van der Waals surface area contributed by atoms with Gasteiger partial charge >= 0.3 is 6.09 Å². The summed E-state index contributed by atoms with van der Waals surface area (Å²) in [6.45, 7) is 10.6. The predicted molar refractivity (Wildman–Crippen MR) is 83.5 cm³/mol. The molecule has 118 valence electrons. The van der Waals surface area contributed by atoms with E-state index in [2.05, 4.69) is 21.0 Å². The lowest BCUT2D eigenvalue weighted by molar-refractivity contribution is 0.0163. The minimum absolute atomic E-state index is 0.238. The van der Waals surface area contributed by atoms with Crippen molar-refractivity contribution < 1.29 is 14.3 Å². The second kappa shape index (κ2) is 5.96. The van der Waals surface area contributed by atoms with E-state index >= 15 is 0 Å². The highest BCUT2D eigenvalue weighted by Crippen LogP contribution is 2.36. The maximum absolute atomic E-state index is 12.4. The van der Waals surface area contributed by atoms with Gasteiger partial charge in [-0.25, -0.2) is 9.48 Å². The molecule has 1 unspecified atom stereocenters. The normalized spacial score (nSPS) is 16.0. The second-order valence-corrected chi connectivity index (χ2v) is 6.73. The van der Waals surface area contributed by atoms with E-state index in [1.54, 1.807) is 9.58 Å². The average molecular weight is 360 g/mol. The van der Waals surface area contributed by atoms with Crippen molar-refractivity contribution in [3.8, 4) is 0 Å². The lowest BCUT2D eigenvalue weighted by atomic mass is 10.2. The van der Waals surface area contributed by atoms with Gasteiger partial charge in [0.05, 0.1) is 0 Å². The third kappa shape index (κ3) is 3.40. The van der Waals surface area contributed by atoms with Crippen LogP contribution >= 0.6 is 15.9 Å². The molecule has 0 bridgehead atoms. The van der Waals surface area contributed by atoms with Crippen LogP contribution in [0, 0.1) is 0 Å². The molecule has 6 nitrogen and oxygen atoms in total. The highest BCUT2D eigenvalue weighted by Gasteiger charge is 2.35. The van der Waals surface area contributed by atoms with Gasteiger partial charge in [-0.2, -0.15) is 5.10 Å². The fourth-order valence-corrected chi connectivity index (χ4v) is 2.87. The average Bonchev–Trinajstić information content (AvgIpc) is 2.89. The Balaban J connectivity index is 2.31. The van der Waals surface area contributed by atoms with E-state index in [1.807, 2.05) is 34.6 Å². The van der Waals surface area contributed by atoms with Crippen molar-refractivity contribution in [1.82, 2.24) is 9.78 Å². The molecule has 0 N–H and O–H groups in total. The van der Waals surface area contributed by atoms with Crippen LogP contribution in [0.2, 0.25) is 0 Å². The maximum Gasteiger partial charge on any atom is 0.416 e. The lowest BCUT2D eigenvalue weighted by Crippen LogP contribution is -2.37. The zero-order chi connectivity index (χ0) is 15.8. The SMILES string of the molecule is CCOC(C)n1nc(Br)c2c1N(C(=O)OC(C)(C)C)CC2. The van der Waals surface area contributed by atoms with E-state index in [9.17, 15) is 4.79 Å². The van der Waals surface area contributed by atoms with Crippen LogP contribution in [0.3, 0.4) is 0 Å². The van der Waals surface area contributed by atoms with E-state index in [0.717, 1.165) is 22.4 Å². The Morgan fingerprint density at radius 3 is 2.71 bits per heavy atom. The number of nitrogens with zero attached hydrogens (tertiary/aromatic N) is 3. The summed E-state index contributed by atoms with van der Waals surface area (Å²) in [5.74, 6) is 0.761. The van der Waals surface area contributed by atoms with Crippen molar-refractivity contribution in [3.63, 3.8) is 0 Å². The molecule has 1 aromatic rings. The third-order valence-electron chi connectivity index (χ3n) is 3.14. The van der Waals surface area contributed by atoms with Gasteiger partial charge < -0.3 is 9.47 Å². The van der Waals surface area contributed by atoms with Crippen molar-refractivity contribution in [3.05, 3.63) is 10.2 Å². The third-order valence-corrected chi connectivity index (χ3v) is 3.78. The van der Waals surface area contributed by atoms with Crippen LogP contribution < -0.4 is 4.90 Å². The number of ether oxygens (including phenoxy) is 2. The van der Waals surface area contributed by atoms with Crippen LogP contribution in [0.4, 0.5) is 10.6 Å². The first-order valence-electron chi connectivity index (χ1n) is 7.13. The number of anilines is 1. The number of halogens is 1. The minimum atomic E-state index is -0.520. The number of amides is 1. The van der Waals surface area contributed by atoms with Gasteiger partial charge in [-0.05, 0) is 57.0 Å². The number of carbonyl (C=O) groups excluding carboxylic acids is 1. The quantitative estimate of drug-likeness (QED) is 0.828. The summed E-state index contributed by atoms with van der Waals surface area (Å²) in [5.41, 5.74) is 0.500. The molecule has 1 amide bonds. The number of hydrogen-bond donors (Lipinski definition) is 0. The molecule has 1 aromatic heterocycles. The molecule has 0 radical (unpaired) electrons. The van der Waals surface area contributed by atoms with Crippen molar-refractivity contribution in [1.29, 1.82) is 0 Å². The molecule has 0 spiro atoms. The monoisotopic (exact) mass is 359 g/mol. The molecule has 1 atom stereocenters. The topological polar surface area (TPSA) is 56.6 Å². The van der Waals surface area contributed by atoms with Crippen molar-refractivity contribution in [2.45, 2.75) is 52.9 Å². The number of fused-ring (bicyclic) bond motifs is 1. The maximum atomic E-state index is 12.4. The van der Waals surface area contributed by atoms with E-state index < -0.39 is 5.60 Å². The van der Waals surface area contributed by atoms with Gasteiger partial charge in [0.25, 0.3) is 0 Å². The predicted octanol–water partition coefficient (Wildman–Crippen LogP) is 3.50. The highest BCUT2D eigenvalue weighted by molar-refractivity contribution is 9.10. The zero-order valence-corrected chi connectivity index (χ0v) is 14.7. The summed E-state index contributed by atoms with van der Waals surface area (Å²) in [7, 11) is 0. The Kier molecular flexibility index (Phi) is 4.63. The molecule has 0 aliphatic carbocycles. The first-order chi connectivity index (χ1) is 9.74. The standard InChI is InChI=1S/C14H22BrN3O3/c1-6-20-9(2)18-12-10(11(15)16-18)7-8-17(12)13(19)21-14(3,4)5/h9H,6-8H2,1-5H3. The first-order valence-corrected chi connectivity index (χ1v) is 7.93. The molecule has 7 heteroatoms. The fraction of sp³-hybridized carbons (Fsp3) is 0.714. The molecule has 1 aliphatic rings. The van der Waals surface area contributed by atoms with Crippen LogP contribution in [0.1, 0.15) is 46.4 Å². The van der Waals surface area contributed by atoms with Gasteiger partial charge in [-0.3, -0.25) is 4.90 Å². The molecule has 2 rings (SSSR count). The van der Waals surface area contributed by atoms with Crippen LogP contribution in [0.5, 0.6) is 0 Å². The molecule has 1 aliphatic heterocycles. The summed E-state index contributed by atoms with van der Waals surface area (Å²) in [6.07, 6.45) is 0.172. The summed E-state index contributed by atoms with van der Waals surface area (Å²) in [6, 6.07) is 0. The summed E-state index contributed by atoms with van der Waals surface area (Å²) < 4.78 is 13.6. The summed E-state index contributed by atoms with van der Waals surface area (Å²) >= 11 is 3.46. The first kappa shape index (κ1) is 16.3. The minimum Gasteiger partial charge on any atom is -0.443 e. The Labute approximate surface area is 133 Å². The van der Waals surface area contributed by atoms with Crippen LogP contribution in [-0.2, 0) is 15.9 Å². The van der Waals surface area contributed by atoms with Gasteiger partial charge in [0, 0.05) is 18.7 Å². The highest BCUT2D eigenvalue weighted by atomic mass is 79.9. The molecule has 0 saturated heterocycles. The Hall–Kier alpha value is -1.08. The molecule has 2 heterocycles. The summed E-state index contributed by atoms with van der Waals surface area (Å²) in [4.78, 5) is 14.0. The lowest BCUT2D eigenvalue weighted by Gasteiger charge is -2.26. The Morgan fingerprint density at radius 2 is 2.14 bits per heavy atom. The van der Waals surface area contributed by atoms with E-state index in [4.69, 9.17) is 9.47 Å². The number of carbonyl (C=O) groups is 1. The molecule has 0 saturated carbocycles.